The average Bonchev–Trinajstić information content (AvgIpc) is 2.68. The fraction of sp³-hybridized carbons (Fsp3) is 0.471. The van der Waals surface area contributed by atoms with Crippen LogP contribution in [0.1, 0.15) is 42.5 Å². The van der Waals surface area contributed by atoms with Crippen LogP contribution in [0.3, 0.4) is 0 Å². The third-order valence-electron chi connectivity index (χ3n) is 4.41. The van der Waals surface area contributed by atoms with E-state index in [-0.39, 0.29) is 5.92 Å². The van der Waals surface area contributed by atoms with Crippen LogP contribution in [0.15, 0.2) is 18.2 Å². The van der Waals surface area contributed by atoms with E-state index in [1.807, 2.05) is 0 Å². The van der Waals surface area contributed by atoms with Crippen LogP contribution in [-0.2, 0) is 11.2 Å². The number of H-pyrrole nitrogens is 1. The number of nitrogens with one attached hydrogen (secondary N) is 1. The zero-order valence-corrected chi connectivity index (χ0v) is 11.8. The summed E-state index contributed by atoms with van der Waals surface area (Å²) in [5.74, 6) is 0.708. The number of Topliss-reactive ketones (excluding diaryl/α,β-unsaturated/α-hetero) is 1. The standard InChI is InChI=1S/C17H21NO/c1-11-7-8-14-15(12(2)18-16(14)9-11)10-13-5-3-4-6-17(13)19/h7-9,13,18H,3-6,10H2,1-2H3. The van der Waals surface area contributed by atoms with Gasteiger partial charge < -0.3 is 4.98 Å². The lowest BCUT2D eigenvalue weighted by Crippen LogP contribution is -2.21. The Balaban J connectivity index is 1.96. The van der Waals surface area contributed by atoms with Crippen LogP contribution in [0.4, 0.5) is 0 Å². The van der Waals surface area contributed by atoms with Gasteiger partial charge in [-0.1, -0.05) is 18.6 Å². The summed E-state index contributed by atoms with van der Waals surface area (Å²) >= 11 is 0. The maximum absolute atomic E-state index is 12.0. The first kappa shape index (κ1) is 12.5. The number of aromatic amines is 1. The quantitative estimate of drug-likeness (QED) is 0.861. The van der Waals surface area contributed by atoms with Gasteiger partial charge in [-0.05, 0) is 50.3 Å². The van der Waals surface area contributed by atoms with Crippen molar-refractivity contribution in [1.82, 2.24) is 4.98 Å². The summed E-state index contributed by atoms with van der Waals surface area (Å²) in [5, 5.41) is 1.29. The molecule has 1 fully saturated rings. The van der Waals surface area contributed by atoms with Crippen LogP contribution in [0.2, 0.25) is 0 Å². The fourth-order valence-corrected chi connectivity index (χ4v) is 3.28. The second-order valence-electron chi connectivity index (χ2n) is 5.89. The molecule has 2 nitrogen and oxygen atoms in total. The van der Waals surface area contributed by atoms with Crippen molar-refractivity contribution in [2.45, 2.75) is 46.0 Å². The molecule has 1 aromatic heterocycles. The number of ketones is 1. The highest BCUT2D eigenvalue weighted by molar-refractivity contribution is 5.87. The molecule has 0 amide bonds. The Morgan fingerprint density at radius 2 is 2.11 bits per heavy atom. The van der Waals surface area contributed by atoms with Gasteiger partial charge in [-0.3, -0.25) is 4.79 Å². The molecule has 1 unspecified atom stereocenters. The van der Waals surface area contributed by atoms with Crippen molar-refractivity contribution in [2.24, 2.45) is 5.92 Å². The van der Waals surface area contributed by atoms with Crippen LogP contribution in [0, 0.1) is 19.8 Å². The Kier molecular flexibility index (Phi) is 3.17. The number of hydrogen-bond acceptors (Lipinski definition) is 1. The van der Waals surface area contributed by atoms with Crippen LogP contribution in [0.25, 0.3) is 10.9 Å². The molecule has 1 aliphatic rings. The van der Waals surface area contributed by atoms with Crippen molar-refractivity contribution in [1.29, 1.82) is 0 Å². The molecule has 1 heterocycles. The molecule has 100 valence electrons. The maximum atomic E-state index is 12.0. The molecule has 0 bridgehead atoms. The molecule has 1 aliphatic carbocycles. The van der Waals surface area contributed by atoms with Gasteiger partial charge in [0, 0.05) is 28.9 Å². The number of carbonyl (C=O) groups is 1. The molecule has 1 saturated carbocycles. The third kappa shape index (κ3) is 2.32. The highest BCUT2D eigenvalue weighted by atomic mass is 16.1. The van der Waals surface area contributed by atoms with E-state index in [4.69, 9.17) is 0 Å². The number of rotatable bonds is 2. The van der Waals surface area contributed by atoms with Gasteiger partial charge in [-0.25, -0.2) is 0 Å². The van der Waals surface area contributed by atoms with Gasteiger partial charge in [0.25, 0.3) is 0 Å². The Hall–Kier alpha value is -1.57. The molecule has 1 N–H and O–H groups in total. The molecule has 1 atom stereocenters. The van der Waals surface area contributed by atoms with E-state index in [1.54, 1.807) is 0 Å². The van der Waals surface area contributed by atoms with Gasteiger partial charge >= 0.3 is 0 Å². The first-order valence-corrected chi connectivity index (χ1v) is 7.25. The molecule has 19 heavy (non-hydrogen) atoms. The molecule has 0 saturated heterocycles. The largest absolute Gasteiger partial charge is 0.358 e. The van der Waals surface area contributed by atoms with E-state index in [2.05, 4.69) is 37.0 Å². The SMILES string of the molecule is Cc1ccc2c(CC3CCCCC3=O)c(C)[nH]c2c1. The monoisotopic (exact) mass is 255 g/mol. The number of aromatic nitrogens is 1. The van der Waals surface area contributed by atoms with E-state index in [0.29, 0.717) is 5.78 Å². The van der Waals surface area contributed by atoms with Gasteiger partial charge in [0.15, 0.2) is 0 Å². The minimum Gasteiger partial charge on any atom is -0.358 e. The first-order chi connectivity index (χ1) is 9.15. The summed E-state index contributed by atoms with van der Waals surface area (Å²) in [4.78, 5) is 15.5. The van der Waals surface area contributed by atoms with Crippen LogP contribution in [-0.4, -0.2) is 10.8 Å². The van der Waals surface area contributed by atoms with Crippen molar-refractivity contribution in [3.63, 3.8) is 0 Å². The molecular weight excluding hydrogens is 234 g/mol. The predicted molar refractivity (Wildman–Crippen MR) is 78.4 cm³/mol. The molecule has 0 spiro atoms. The van der Waals surface area contributed by atoms with Gasteiger partial charge in [0.05, 0.1) is 0 Å². The van der Waals surface area contributed by atoms with Gasteiger partial charge in [0.1, 0.15) is 5.78 Å². The van der Waals surface area contributed by atoms with Crippen molar-refractivity contribution in [3.8, 4) is 0 Å². The van der Waals surface area contributed by atoms with E-state index in [1.165, 1.54) is 34.1 Å². The van der Waals surface area contributed by atoms with Crippen molar-refractivity contribution >= 4 is 16.7 Å². The maximum Gasteiger partial charge on any atom is 0.136 e. The lowest BCUT2D eigenvalue weighted by Gasteiger charge is -2.20. The Bertz CT molecular complexity index is 623. The Morgan fingerprint density at radius 3 is 2.89 bits per heavy atom. The summed E-state index contributed by atoms with van der Waals surface area (Å²) in [6.45, 7) is 4.23. The number of hydrogen-bond donors (Lipinski definition) is 1. The lowest BCUT2D eigenvalue weighted by atomic mass is 9.83. The molecular formula is C17H21NO. The summed E-state index contributed by atoms with van der Waals surface area (Å²) in [7, 11) is 0. The van der Waals surface area contributed by atoms with Crippen LogP contribution >= 0.6 is 0 Å². The third-order valence-corrected chi connectivity index (χ3v) is 4.41. The van der Waals surface area contributed by atoms with Gasteiger partial charge in [-0.15, -0.1) is 0 Å². The lowest BCUT2D eigenvalue weighted by molar-refractivity contribution is -0.124. The molecule has 1 aromatic carbocycles. The molecule has 0 radical (unpaired) electrons. The average molecular weight is 255 g/mol. The minimum absolute atomic E-state index is 0.243. The smallest absolute Gasteiger partial charge is 0.136 e. The summed E-state index contributed by atoms with van der Waals surface area (Å²) in [5.41, 5.74) is 5.04. The zero-order chi connectivity index (χ0) is 13.4. The van der Waals surface area contributed by atoms with Crippen LogP contribution < -0.4 is 0 Å². The fourth-order valence-electron chi connectivity index (χ4n) is 3.28. The highest BCUT2D eigenvalue weighted by Gasteiger charge is 2.24. The summed E-state index contributed by atoms with van der Waals surface area (Å²) < 4.78 is 0. The topological polar surface area (TPSA) is 32.9 Å². The number of fused-ring (bicyclic) bond motifs is 1. The minimum atomic E-state index is 0.243. The molecule has 2 heteroatoms. The summed E-state index contributed by atoms with van der Waals surface area (Å²) in [6, 6.07) is 6.53. The van der Waals surface area contributed by atoms with Gasteiger partial charge in [0.2, 0.25) is 0 Å². The second-order valence-corrected chi connectivity index (χ2v) is 5.89. The Morgan fingerprint density at radius 1 is 1.26 bits per heavy atom. The van der Waals surface area contributed by atoms with Crippen LogP contribution in [0.5, 0.6) is 0 Å². The highest BCUT2D eigenvalue weighted by Crippen LogP contribution is 2.30. The number of aryl methyl sites for hydroxylation is 2. The van der Waals surface area contributed by atoms with E-state index in [0.717, 1.165) is 25.7 Å². The van der Waals surface area contributed by atoms with Crippen molar-refractivity contribution in [2.75, 3.05) is 0 Å². The molecule has 2 aromatic rings. The van der Waals surface area contributed by atoms with E-state index >= 15 is 0 Å². The zero-order valence-electron chi connectivity index (χ0n) is 11.8. The molecule has 0 aliphatic heterocycles. The predicted octanol–water partition coefficient (Wildman–Crippen LogP) is 4.09. The van der Waals surface area contributed by atoms with E-state index in [9.17, 15) is 4.79 Å². The molecule has 3 rings (SSSR count). The second kappa shape index (κ2) is 4.84. The van der Waals surface area contributed by atoms with Crippen molar-refractivity contribution < 1.29 is 4.79 Å². The Labute approximate surface area is 114 Å². The first-order valence-electron chi connectivity index (χ1n) is 7.25. The normalized spacial score (nSPS) is 20.1. The summed E-state index contributed by atoms with van der Waals surface area (Å²) in [6.07, 6.45) is 5.05. The van der Waals surface area contributed by atoms with Gasteiger partial charge in [-0.2, -0.15) is 0 Å². The number of carbonyl (C=O) groups excluding carboxylic acids is 1. The van der Waals surface area contributed by atoms with Crippen molar-refractivity contribution in [3.05, 3.63) is 35.0 Å². The van der Waals surface area contributed by atoms with E-state index < -0.39 is 0 Å². The number of benzene rings is 1.